The lowest BCUT2D eigenvalue weighted by molar-refractivity contribution is -0.121. The maximum Gasteiger partial charge on any atom is 0.254 e. The lowest BCUT2D eigenvalue weighted by Gasteiger charge is -2.22. The number of carbonyl (C=O) groups is 2. The van der Waals surface area contributed by atoms with E-state index in [0.29, 0.717) is 42.6 Å². The lowest BCUT2D eigenvalue weighted by Crippen LogP contribution is -2.32. The molecule has 9 heteroatoms. The van der Waals surface area contributed by atoms with Crippen LogP contribution in [-0.4, -0.2) is 46.1 Å². The van der Waals surface area contributed by atoms with E-state index < -0.39 is 0 Å². The molecule has 2 amide bonds. The average molecular weight is 537 g/mol. The number of hydrogen-bond donors (Lipinski definition) is 3. The number of benzene rings is 1. The molecule has 4 rings (SSSR count). The van der Waals surface area contributed by atoms with Crippen LogP contribution < -0.4 is 16.0 Å². The third kappa shape index (κ3) is 7.14. The van der Waals surface area contributed by atoms with E-state index in [9.17, 15) is 9.59 Å². The van der Waals surface area contributed by atoms with E-state index in [0.717, 1.165) is 60.6 Å². The number of nitrogens with one attached hydrogen (secondary N) is 3. The molecule has 1 fully saturated rings. The van der Waals surface area contributed by atoms with Crippen molar-refractivity contribution in [2.45, 2.75) is 45.7 Å². The SMILES string of the molecule is C=C/C=C(Cl)\C=C1/CN(C(=O)c2ccc(CNC(=O)CCC3CCNCC3)cc2C)Cc2cnn(C)c2N1. The summed E-state index contributed by atoms with van der Waals surface area (Å²) >= 11 is 6.32. The second kappa shape index (κ2) is 12.9. The van der Waals surface area contributed by atoms with Crippen molar-refractivity contribution >= 4 is 29.2 Å². The van der Waals surface area contributed by atoms with Crippen molar-refractivity contribution in [3.63, 3.8) is 0 Å². The van der Waals surface area contributed by atoms with Crippen molar-refractivity contribution in [3.05, 3.63) is 82.2 Å². The van der Waals surface area contributed by atoms with E-state index >= 15 is 0 Å². The van der Waals surface area contributed by atoms with Gasteiger partial charge in [-0.1, -0.05) is 36.4 Å². The Morgan fingerprint density at radius 1 is 1.26 bits per heavy atom. The summed E-state index contributed by atoms with van der Waals surface area (Å²) in [5, 5.41) is 14.6. The molecule has 0 atom stereocenters. The summed E-state index contributed by atoms with van der Waals surface area (Å²) in [6.45, 7) is 8.95. The lowest BCUT2D eigenvalue weighted by atomic mass is 9.93. The van der Waals surface area contributed by atoms with Crippen LogP contribution >= 0.6 is 11.6 Å². The van der Waals surface area contributed by atoms with Gasteiger partial charge in [-0.15, -0.1) is 0 Å². The number of aryl methyl sites for hydroxylation is 2. The molecule has 1 aromatic heterocycles. The van der Waals surface area contributed by atoms with Gasteiger partial charge in [-0.2, -0.15) is 5.10 Å². The predicted octanol–water partition coefficient (Wildman–Crippen LogP) is 4.39. The van der Waals surface area contributed by atoms with Crippen molar-refractivity contribution in [1.82, 2.24) is 25.3 Å². The van der Waals surface area contributed by atoms with Gasteiger partial charge in [-0.25, -0.2) is 0 Å². The third-order valence-corrected chi connectivity index (χ3v) is 7.38. The van der Waals surface area contributed by atoms with Gasteiger partial charge in [0.1, 0.15) is 5.82 Å². The zero-order valence-corrected chi connectivity index (χ0v) is 23.0. The molecule has 0 saturated carbocycles. The normalized spacial score (nSPS) is 17.5. The molecule has 8 nitrogen and oxygen atoms in total. The van der Waals surface area contributed by atoms with Gasteiger partial charge in [0.15, 0.2) is 0 Å². The highest BCUT2D eigenvalue weighted by Crippen LogP contribution is 2.26. The number of nitrogens with zero attached hydrogens (tertiary/aromatic N) is 3. The van der Waals surface area contributed by atoms with Crippen LogP contribution in [0.4, 0.5) is 5.82 Å². The fraction of sp³-hybridized carbons (Fsp3) is 0.414. The average Bonchev–Trinajstić information content (AvgIpc) is 3.13. The van der Waals surface area contributed by atoms with E-state index in [-0.39, 0.29) is 11.8 Å². The van der Waals surface area contributed by atoms with Crippen LogP contribution in [0.15, 0.2) is 59.9 Å². The van der Waals surface area contributed by atoms with Crippen LogP contribution in [0.2, 0.25) is 0 Å². The number of carbonyl (C=O) groups excluding carboxylic acids is 2. The maximum absolute atomic E-state index is 13.7. The number of fused-ring (bicyclic) bond motifs is 1. The van der Waals surface area contributed by atoms with Crippen molar-refractivity contribution in [2.24, 2.45) is 13.0 Å². The molecule has 0 aliphatic carbocycles. The number of hydrogen-bond acceptors (Lipinski definition) is 5. The number of rotatable bonds is 8. The molecular weight excluding hydrogens is 500 g/mol. The second-order valence-corrected chi connectivity index (χ2v) is 10.5. The highest BCUT2D eigenvalue weighted by Gasteiger charge is 2.25. The van der Waals surface area contributed by atoms with Crippen LogP contribution in [0.3, 0.4) is 0 Å². The number of aromatic nitrogens is 2. The van der Waals surface area contributed by atoms with Crippen LogP contribution in [0.1, 0.15) is 52.7 Å². The molecule has 0 unspecified atom stereocenters. The van der Waals surface area contributed by atoms with E-state index in [1.54, 1.807) is 34.0 Å². The van der Waals surface area contributed by atoms with Gasteiger partial charge >= 0.3 is 0 Å². The van der Waals surface area contributed by atoms with Gasteiger partial charge in [-0.05, 0) is 74.5 Å². The Morgan fingerprint density at radius 3 is 2.79 bits per heavy atom. The first kappa shape index (κ1) is 27.7. The van der Waals surface area contributed by atoms with E-state index in [1.807, 2.05) is 32.2 Å². The highest BCUT2D eigenvalue weighted by molar-refractivity contribution is 6.31. The van der Waals surface area contributed by atoms with Crippen LogP contribution in [0, 0.1) is 12.8 Å². The Labute approximate surface area is 229 Å². The third-order valence-electron chi connectivity index (χ3n) is 7.14. The predicted molar refractivity (Wildman–Crippen MR) is 152 cm³/mol. The molecule has 0 radical (unpaired) electrons. The number of piperidine rings is 1. The van der Waals surface area contributed by atoms with Gasteiger partial charge in [0.05, 0.1) is 19.3 Å². The Balaban J connectivity index is 1.42. The van der Waals surface area contributed by atoms with Crippen LogP contribution in [0.5, 0.6) is 0 Å². The van der Waals surface area contributed by atoms with E-state index in [1.165, 1.54) is 0 Å². The van der Waals surface area contributed by atoms with E-state index in [4.69, 9.17) is 11.6 Å². The Morgan fingerprint density at radius 2 is 2.05 bits per heavy atom. The fourth-order valence-corrected chi connectivity index (χ4v) is 5.23. The molecular formula is C29H37ClN6O2. The molecule has 202 valence electrons. The van der Waals surface area contributed by atoms with E-state index in [2.05, 4.69) is 27.6 Å². The first-order valence-corrected chi connectivity index (χ1v) is 13.5. The minimum atomic E-state index is -0.0757. The molecule has 0 bridgehead atoms. The summed E-state index contributed by atoms with van der Waals surface area (Å²) in [4.78, 5) is 27.8. The molecule has 2 aliphatic heterocycles. The molecule has 38 heavy (non-hydrogen) atoms. The number of halogens is 1. The first-order chi connectivity index (χ1) is 18.3. The van der Waals surface area contributed by atoms with Crippen molar-refractivity contribution in [1.29, 1.82) is 0 Å². The topological polar surface area (TPSA) is 91.3 Å². The van der Waals surface area contributed by atoms with Crippen LogP contribution in [-0.2, 0) is 24.9 Å². The van der Waals surface area contributed by atoms with Crippen LogP contribution in [0.25, 0.3) is 0 Å². The summed E-state index contributed by atoms with van der Waals surface area (Å²) in [6, 6.07) is 5.75. The highest BCUT2D eigenvalue weighted by atomic mass is 35.5. The summed E-state index contributed by atoms with van der Waals surface area (Å²) < 4.78 is 1.75. The summed E-state index contributed by atoms with van der Waals surface area (Å²) in [5.41, 5.74) is 4.18. The minimum Gasteiger partial charge on any atom is -0.352 e. The monoisotopic (exact) mass is 536 g/mol. The Kier molecular flexibility index (Phi) is 9.42. The Bertz CT molecular complexity index is 1240. The minimum absolute atomic E-state index is 0.0757. The summed E-state index contributed by atoms with van der Waals surface area (Å²) in [5.74, 6) is 1.47. The second-order valence-electron chi connectivity index (χ2n) is 10.0. The van der Waals surface area contributed by atoms with Crippen molar-refractivity contribution in [2.75, 3.05) is 25.0 Å². The molecule has 1 saturated heterocycles. The smallest absolute Gasteiger partial charge is 0.254 e. The number of amides is 2. The fourth-order valence-electron chi connectivity index (χ4n) is 5.01. The van der Waals surface area contributed by atoms with Gasteiger partial charge < -0.3 is 20.9 Å². The molecule has 0 spiro atoms. The Hall–Kier alpha value is -3.36. The van der Waals surface area contributed by atoms with Gasteiger partial charge in [0, 0.05) is 41.9 Å². The molecule has 3 N–H and O–H groups in total. The number of anilines is 1. The molecule has 2 aliphatic rings. The number of allylic oxidation sites excluding steroid dienone is 4. The molecule has 2 aromatic rings. The zero-order chi connectivity index (χ0) is 27.1. The molecule has 1 aromatic carbocycles. The quantitative estimate of drug-likeness (QED) is 0.435. The van der Waals surface area contributed by atoms with Gasteiger partial charge in [0.2, 0.25) is 5.91 Å². The zero-order valence-electron chi connectivity index (χ0n) is 22.2. The van der Waals surface area contributed by atoms with Gasteiger partial charge in [0.25, 0.3) is 5.91 Å². The molecule has 3 heterocycles. The first-order valence-electron chi connectivity index (χ1n) is 13.2. The largest absolute Gasteiger partial charge is 0.352 e. The van der Waals surface area contributed by atoms with Gasteiger partial charge in [-0.3, -0.25) is 14.3 Å². The summed E-state index contributed by atoms with van der Waals surface area (Å²) in [6.07, 6.45) is 10.7. The van der Waals surface area contributed by atoms with Crippen molar-refractivity contribution < 1.29 is 9.59 Å². The van der Waals surface area contributed by atoms with Crippen molar-refractivity contribution in [3.8, 4) is 0 Å². The standard InChI is InChI=1S/C29H37ClN6O2/c1-4-5-24(30)15-25-19-36(18-23-17-33-35(3)28(23)34-25)29(38)26-8-6-22(14-20(26)2)16-32-27(37)9-7-21-10-12-31-13-11-21/h4-6,8,14-15,17,21,31,34H,1,7,9-13,16,18-19H2,2-3H3,(H,32,37)/b24-5+,25-15+. The maximum atomic E-state index is 13.7. The summed E-state index contributed by atoms with van der Waals surface area (Å²) in [7, 11) is 1.86.